The second-order valence-corrected chi connectivity index (χ2v) is 4.54. The molecule has 0 amide bonds. The minimum Gasteiger partial charge on any atom is -0.496 e. The first kappa shape index (κ1) is 9.87. The summed E-state index contributed by atoms with van der Waals surface area (Å²) in [5.41, 5.74) is 1.31. The molecule has 1 aromatic carbocycles. The predicted octanol–water partition coefficient (Wildman–Crippen LogP) is 3.76. The maximum absolute atomic E-state index is 5.37. The van der Waals surface area contributed by atoms with Crippen LogP contribution in [0.25, 0.3) is 10.1 Å². The normalized spacial score (nSPS) is 10.8. The second-order valence-electron chi connectivity index (χ2n) is 3.15. The van der Waals surface area contributed by atoms with Crippen LogP contribution in [0.1, 0.15) is 12.5 Å². The van der Waals surface area contributed by atoms with E-state index >= 15 is 0 Å². The lowest BCUT2D eigenvalue weighted by atomic mass is 10.1. The molecular weight excluding hydrogens is 212 g/mol. The van der Waals surface area contributed by atoms with Crippen molar-refractivity contribution >= 4 is 34.1 Å². The molecule has 0 saturated carbocycles. The Bertz CT molecular complexity index is 460. The van der Waals surface area contributed by atoms with Gasteiger partial charge < -0.3 is 4.74 Å². The third kappa shape index (κ3) is 1.51. The van der Waals surface area contributed by atoms with Gasteiger partial charge in [-0.1, -0.05) is 6.92 Å². The summed E-state index contributed by atoms with van der Waals surface area (Å²) in [6.07, 6.45) is 1.03. The van der Waals surface area contributed by atoms with Crippen LogP contribution in [0.4, 0.5) is 0 Å². The second kappa shape index (κ2) is 3.83. The molecule has 1 aromatic heterocycles. The van der Waals surface area contributed by atoms with E-state index in [1.165, 1.54) is 10.3 Å². The highest BCUT2D eigenvalue weighted by molar-refractivity contribution is 7.80. The van der Waals surface area contributed by atoms with Crippen LogP contribution >= 0.6 is 24.0 Å². The molecule has 2 aromatic rings. The van der Waals surface area contributed by atoms with Crippen molar-refractivity contribution in [2.75, 3.05) is 7.11 Å². The third-order valence-electron chi connectivity index (χ3n) is 2.31. The monoisotopic (exact) mass is 224 g/mol. The lowest BCUT2D eigenvalue weighted by molar-refractivity contribution is 0.419. The summed E-state index contributed by atoms with van der Waals surface area (Å²) in [6, 6.07) is 4.30. The SMILES string of the molecule is CCc1cc(OC)c2c(S)csc2c1. The van der Waals surface area contributed by atoms with Crippen molar-refractivity contribution in [1.82, 2.24) is 0 Å². The number of methoxy groups -OCH3 is 1. The van der Waals surface area contributed by atoms with E-state index in [0.29, 0.717) is 0 Å². The van der Waals surface area contributed by atoms with Crippen LogP contribution in [-0.2, 0) is 6.42 Å². The van der Waals surface area contributed by atoms with Crippen molar-refractivity contribution in [3.63, 3.8) is 0 Å². The van der Waals surface area contributed by atoms with Crippen LogP contribution in [0.15, 0.2) is 22.4 Å². The third-order valence-corrected chi connectivity index (χ3v) is 3.76. The largest absolute Gasteiger partial charge is 0.496 e. The van der Waals surface area contributed by atoms with Gasteiger partial charge in [0.25, 0.3) is 0 Å². The smallest absolute Gasteiger partial charge is 0.128 e. The zero-order valence-corrected chi connectivity index (χ0v) is 9.91. The van der Waals surface area contributed by atoms with Gasteiger partial charge in [0.05, 0.1) is 7.11 Å². The van der Waals surface area contributed by atoms with E-state index in [4.69, 9.17) is 4.74 Å². The van der Waals surface area contributed by atoms with Gasteiger partial charge in [-0.25, -0.2) is 0 Å². The Morgan fingerprint density at radius 3 is 2.86 bits per heavy atom. The Labute approximate surface area is 93.1 Å². The van der Waals surface area contributed by atoms with E-state index in [0.717, 1.165) is 22.5 Å². The molecule has 0 aliphatic rings. The van der Waals surface area contributed by atoms with Crippen LogP contribution in [0.5, 0.6) is 5.75 Å². The molecule has 1 heterocycles. The Balaban J connectivity index is 2.76. The number of benzene rings is 1. The minimum absolute atomic E-state index is 0.936. The van der Waals surface area contributed by atoms with Crippen molar-refractivity contribution in [2.45, 2.75) is 18.2 Å². The highest BCUT2D eigenvalue weighted by Gasteiger charge is 2.08. The molecule has 74 valence electrons. The Kier molecular flexibility index (Phi) is 2.70. The minimum atomic E-state index is 0.936. The first-order valence-corrected chi connectivity index (χ1v) is 5.86. The van der Waals surface area contributed by atoms with Crippen LogP contribution < -0.4 is 4.74 Å². The first-order chi connectivity index (χ1) is 6.76. The number of fused-ring (bicyclic) bond motifs is 1. The number of hydrogen-bond donors (Lipinski definition) is 1. The van der Waals surface area contributed by atoms with E-state index in [9.17, 15) is 0 Å². The molecule has 0 saturated heterocycles. The van der Waals surface area contributed by atoms with Crippen LogP contribution in [0, 0.1) is 0 Å². The van der Waals surface area contributed by atoms with Gasteiger partial charge in [0, 0.05) is 20.4 Å². The van der Waals surface area contributed by atoms with Gasteiger partial charge in [-0.2, -0.15) is 0 Å². The molecule has 0 aliphatic heterocycles. The fourth-order valence-electron chi connectivity index (χ4n) is 1.53. The van der Waals surface area contributed by atoms with Crippen molar-refractivity contribution in [3.05, 3.63) is 23.1 Å². The summed E-state index contributed by atoms with van der Waals surface area (Å²) in [6.45, 7) is 2.15. The lowest BCUT2D eigenvalue weighted by Gasteiger charge is -2.05. The van der Waals surface area contributed by atoms with Gasteiger partial charge in [0.1, 0.15) is 5.75 Å². The standard InChI is InChI=1S/C11H12OS2/c1-3-7-4-8(12-2)11-9(13)6-14-10(11)5-7/h4-6,13H,3H2,1-2H3. The van der Waals surface area contributed by atoms with Gasteiger partial charge >= 0.3 is 0 Å². The van der Waals surface area contributed by atoms with Crippen LogP contribution in [0.2, 0.25) is 0 Å². The van der Waals surface area contributed by atoms with Gasteiger partial charge in [-0.05, 0) is 24.1 Å². The molecule has 3 heteroatoms. The summed E-state index contributed by atoms with van der Waals surface area (Å²) in [7, 11) is 1.71. The molecule has 0 radical (unpaired) electrons. The molecular formula is C11H12OS2. The fourth-order valence-corrected chi connectivity index (χ4v) is 2.90. The highest BCUT2D eigenvalue weighted by atomic mass is 32.1. The number of aryl methyl sites for hydroxylation is 1. The first-order valence-electron chi connectivity index (χ1n) is 4.53. The molecule has 0 bridgehead atoms. The molecule has 2 rings (SSSR count). The fraction of sp³-hybridized carbons (Fsp3) is 0.273. The topological polar surface area (TPSA) is 9.23 Å². The van der Waals surface area contributed by atoms with Gasteiger partial charge in [0.15, 0.2) is 0 Å². The average Bonchev–Trinajstić information content (AvgIpc) is 2.59. The van der Waals surface area contributed by atoms with Gasteiger partial charge in [0.2, 0.25) is 0 Å². The Morgan fingerprint density at radius 1 is 1.43 bits per heavy atom. The van der Waals surface area contributed by atoms with Crippen molar-refractivity contribution in [2.24, 2.45) is 0 Å². The van der Waals surface area contributed by atoms with Crippen LogP contribution in [-0.4, -0.2) is 7.11 Å². The molecule has 0 N–H and O–H groups in total. The van der Waals surface area contributed by atoms with E-state index in [-0.39, 0.29) is 0 Å². The molecule has 0 spiro atoms. The molecule has 0 atom stereocenters. The Hall–Kier alpha value is -0.670. The summed E-state index contributed by atoms with van der Waals surface area (Å²) in [4.78, 5) is 1.00. The van der Waals surface area contributed by atoms with Crippen molar-refractivity contribution < 1.29 is 4.74 Å². The molecule has 1 nitrogen and oxygen atoms in total. The highest BCUT2D eigenvalue weighted by Crippen LogP contribution is 2.36. The van der Waals surface area contributed by atoms with Crippen LogP contribution in [0.3, 0.4) is 0 Å². The zero-order chi connectivity index (χ0) is 10.1. The predicted molar refractivity (Wildman–Crippen MR) is 65.0 cm³/mol. The number of ether oxygens (including phenoxy) is 1. The molecule has 14 heavy (non-hydrogen) atoms. The van der Waals surface area contributed by atoms with Crippen molar-refractivity contribution in [3.8, 4) is 5.75 Å². The van der Waals surface area contributed by atoms with E-state index < -0.39 is 0 Å². The number of thiol groups is 1. The number of rotatable bonds is 2. The lowest BCUT2D eigenvalue weighted by Crippen LogP contribution is -1.87. The summed E-state index contributed by atoms with van der Waals surface area (Å²) < 4.78 is 6.62. The molecule has 0 fully saturated rings. The Morgan fingerprint density at radius 2 is 2.21 bits per heavy atom. The number of thiophene rings is 1. The van der Waals surface area contributed by atoms with E-state index in [1.54, 1.807) is 18.4 Å². The van der Waals surface area contributed by atoms with Gasteiger partial charge in [-0.15, -0.1) is 24.0 Å². The van der Waals surface area contributed by atoms with Crippen molar-refractivity contribution in [1.29, 1.82) is 0 Å². The van der Waals surface area contributed by atoms with E-state index in [1.807, 2.05) is 0 Å². The van der Waals surface area contributed by atoms with E-state index in [2.05, 4.69) is 37.1 Å². The summed E-state index contributed by atoms with van der Waals surface area (Å²) in [5.74, 6) is 0.936. The van der Waals surface area contributed by atoms with Gasteiger partial charge in [-0.3, -0.25) is 0 Å². The maximum Gasteiger partial charge on any atom is 0.128 e. The molecule has 0 unspecified atom stereocenters. The average molecular weight is 224 g/mol. The quantitative estimate of drug-likeness (QED) is 0.764. The zero-order valence-electron chi connectivity index (χ0n) is 8.20. The molecule has 0 aliphatic carbocycles. The summed E-state index contributed by atoms with van der Waals surface area (Å²) >= 11 is 6.14. The summed E-state index contributed by atoms with van der Waals surface area (Å²) in [5, 5.41) is 3.19. The number of hydrogen-bond acceptors (Lipinski definition) is 3. The maximum atomic E-state index is 5.37.